The lowest BCUT2D eigenvalue weighted by molar-refractivity contribution is 0.0968. The maximum atomic E-state index is 11.7. The molecule has 0 bridgehead atoms. The van der Waals surface area contributed by atoms with E-state index in [1.165, 1.54) is 26.8 Å². The van der Waals surface area contributed by atoms with Gasteiger partial charge in [-0.3, -0.25) is 14.4 Å². The first-order chi connectivity index (χ1) is 8.84. The minimum absolute atomic E-state index is 0.00625. The summed E-state index contributed by atoms with van der Waals surface area (Å²) in [6.07, 6.45) is 0. The van der Waals surface area contributed by atoms with Crippen molar-refractivity contribution < 1.29 is 14.4 Å². The Morgan fingerprint density at radius 1 is 0.895 bits per heavy atom. The van der Waals surface area contributed by atoms with E-state index >= 15 is 0 Å². The molecule has 0 N–H and O–H groups in total. The molecule has 0 heterocycles. The molecule has 1 rings (SSSR count). The van der Waals surface area contributed by atoms with E-state index in [4.69, 9.17) is 10.5 Å². The first-order valence-electron chi connectivity index (χ1n) is 5.39. The molecule has 0 unspecified atom stereocenters. The van der Waals surface area contributed by atoms with Crippen LogP contribution in [0.1, 0.15) is 63.0 Å². The van der Waals surface area contributed by atoms with Gasteiger partial charge in [0, 0.05) is 16.7 Å². The van der Waals surface area contributed by atoms with Crippen LogP contribution in [0.4, 0.5) is 0 Å². The Morgan fingerprint density at radius 2 is 1.42 bits per heavy atom. The van der Waals surface area contributed by atoms with Gasteiger partial charge in [-0.1, -0.05) is 0 Å². The molecular weight excluding hydrogens is 244 g/mol. The monoisotopic (exact) mass is 254 g/mol. The number of hydrogen-bond donors (Lipinski definition) is 0. The molecule has 1 aromatic carbocycles. The largest absolute Gasteiger partial charge is 0.294 e. The minimum atomic E-state index is -0.527. The first kappa shape index (κ1) is 14.3. The van der Waals surface area contributed by atoms with E-state index in [0.717, 1.165) is 0 Å². The highest BCUT2D eigenvalue weighted by Gasteiger charge is 2.25. The van der Waals surface area contributed by atoms with Crippen molar-refractivity contribution in [3.05, 3.63) is 33.9 Å². The van der Waals surface area contributed by atoms with E-state index in [1.807, 2.05) is 0 Å². The number of nitrogens with zero attached hydrogens (tertiary/aromatic N) is 2. The molecule has 0 fully saturated rings. The fourth-order valence-corrected chi connectivity index (χ4v) is 1.88. The fraction of sp³-hybridized carbons (Fsp3) is 0.214. The van der Waals surface area contributed by atoms with Crippen LogP contribution in [0.15, 0.2) is 6.07 Å². The van der Waals surface area contributed by atoms with Gasteiger partial charge in [0.2, 0.25) is 0 Å². The topological polar surface area (TPSA) is 98.8 Å². The quantitative estimate of drug-likeness (QED) is 0.768. The summed E-state index contributed by atoms with van der Waals surface area (Å²) in [5.74, 6) is -1.45. The normalized spacial score (nSPS) is 9.32. The van der Waals surface area contributed by atoms with Gasteiger partial charge in [-0.15, -0.1) is 0 Å². The Hall–Kier alpha value is -2.79. The summed E-state index contributed by atoms with van der Waals surface area (Å²) in [6.45, 7) is 3.63. The van der Waals surface area contributed by atoms with Gasteiger partial charge < -0.3 is 0 Å². The van der Waals surface area contributed by atoms with Gasteiger partial charge in [-0.2, -0.15) is 10.5 Å². The highest BCUT2D eigenvalue weighted by Crippen LogP contribution is 2.24. The third-order valence-corrected chi connectivity index (χ3v) is 2.64. The Bertz CT molecular complexity index is 688. The van der Waals surface area contributed by atoms with Crippen molar-refractivity contribution in [3.63, 3.8) is 0 Å². The van der Waals surface area contributed by atoms with Crippen LogP contribution in [0.5, 0.6) is 0 Å². The molecule has 1 aromatic rings. The Balaban J connectivity index is 4.04. The summed E-state index contributed by atoms with van der Waals surface area (Å²) >= 11 is 0. The Morgan fingerprint density at radius 3 is 1.74 bits per heavy atom. The molecular formula is C14H10N2O3. The van der Waals surface area contributed by atoms with Crippen molar-refractivity contribution in [2.45, 2.75) is 20.8 Å². The summed E-state index contributed by atoms with van der Waals surface area (Å²) < 4.78 is 0. The van der Waals surface area contributed by atoms with Crippen LogP contribution in [-0.2, 0) is 0 Å². The number of hydrogen-bond acceptors (Lipinski definition) is 5. The van der Waals surface area contributed by atoms with Crippen LogP contribution >= 0.6 is 0 Å². The second kappa shape index (κ2) is 5.24. The van der Waals surface area contributed by atoms with Crippen molar-refractivity contribution >= 4 is 17.3 Å². The van der Waals surface area contributed by atoms with Crippen molar-refractivity contribution in [1.82, 2.24) is 0 Å². The van der Waals surface area contributed by atoms with Gasteiger partial charge in [-0.25, -0.2) is 0 Å². The van der Waals surface area contributed by atoms with Gasteiger partial charge in [0.15, 0.2) is 17.3 Å². The Kier molecular flexibility index (Phi) is 3.94. The lowest BCUT2D eigenvalue weighted by Gasteiger charge is -2.11. The maximum absolute atomic E-state index is 11.7. The van der Waals surface area contributed by atoms with E-state index < -0.39 is 17.3 Å². The van der Waals surface area contributed by atoms with E-state index in [9.17, 15) is 14.4 Å². The molecule has 0 amide bonds. The van der Waals surface area contributed by atoms with Crippen LogP contribution < -0.4 is 0 Å². The predicted molar refractivity (Wildman–Crippen MR) is 65.9 cm³/mol. The lowest BCUT2D eigenvalue weighted by Crippen LogP contribution is -2.14. The molecule has 94 valence electrons. The number of carbonyl (C=O) groups is 3. The van der Waals surface area contributed by atoms with Crippen molar-refractivity contribution in [2.24, 2.45) is 0 Å². The number of rotatable bonds is 3. The van der Waals surface area contributed by atoms with Crippen LogP contribution in [-0.4, -0.2) is 17.3 Å². The molecule has 0 aliphatic carbocycles. The molecule has 5 heteroatoms. The number of nitriles is 2. The fourth-order valence-electron chi connectivity index (χ4n) is 1.88. The van der Waals surface area contributed by atoms with Crippen molar-refractivity contribution in [1.29, 1.82) is 10.5 Å². The molecule has 0 aliphatic heterocycles. The molecule has 0 radical (unpaired) electrons. The maximum Gasteiger partial charge on any atom is 0.161 e. The summed E-state index contributed by atoms with van der Waals surface area (Å²) in [5.41, 5.74) is -0.490. The third-order valence-electron chi connectivity index (χ3n) is 2.64. The van der Waals surface area contributed by atoms with Gasteiger partial charge in [0.1, 0.15) is 12.1 Å². The zero-order chi connectivity index (χ0) is 14.7. The number of carbonyl (C=O) groups excluding carboxylic acids is 3. The highest BCUT2D eigenvalue weighted by molar-refractivity contribution is 6.15. The van der Waals surface area contributed by atoms with Gasteiger partial charge in [0.25, 0.3) is 0 Å². The Labute approximate surface area is 110 Å². The van der Waals surface area contributed by atoms with E-state index in [0.29, 0.717) is 0 Å². The second-order valence-electron chi connectivity index (χ2n) is 3.99. The first-order valence-corrected chi connectivity index (χ1v) is 5.39. The SMILES string of the molecule is CC(=O)c1cc(C#N)c(C#N)c(C(C)=O)c1C(C)=O. The number of benzene rings is 1. The van der Waals surface area contributed by atoms with Gasteiger partial charge in [0.05, 0.1) is 11.1 Å². The van der Waals surface area contributed by atoms with Gasteiger partial charge >= 0.3 is 0 Å². The number of Topliss-reactive ketones (excluding diaryl/α,β-unsaturated/α-hetero) is 3. The molecule has 5 nitrogen and oxygen atoms in total. The predicted octanol–water partition coefficient (Wildman–Crippen LogP) is 2.04. The molecule has 0 aromatic heterocycles. The van der Waals surface area contributed by atoms with Crippen molar-refractivity contribution in [2.75, 3.05) is 0 Å². The summed E-state index contributed by atoms with van der Waals surface area (Å²) in [4.78, 5) is 34.9. The van der Waals surface area contributed by atoms with Crippen LogP contribution in [0.25, 0.3) is 0 Å². The molecule has 0 spiro atoms. The van der Waals surface area contributed by atoms with Crippen LogP contribution in [0.2, 0.25) is 0 Å². The van der Waals surface area contributed by atoms with E-state index in [-0.39, 0.29) is 27.8 Å². The molecule has 0 atom stereocenters. The molecule has 0 aliphatic rings. The third kappa shape index (κ3) is 2.41. The van der Waals surface area contributed by atoms with E-state index in [1.54, 1.807) is 12.1 Å². The summed E-state index contributed by atoms with van der Waals surface area (Å²) in [6, 6.07) is 4.70. The van der Waals surface area contributed by atoms with E-state index in [2.05, 4.69) is 0 Å². The second-order valence-corrected chi connectivity index (χ2v) is 3.99. The minimum Gasteiger partial charge on any atom is -0.294 e. The molecule has 0 saturated carbocycles. The highest BCUT2D eigenvalue weighted by atomic mass is 16.1. The average Bonchev–Trinajstić information content (AvgIpc) is 2.35. The standard InChI is InChI=1S/C14H10N2O3/c1-7(17)11-4-10(5-15)12(6-16)14(9(3)19)13(11)8(2)18/h4H,1-3H3. The zero-order valence-corrected chi connectivity index (χ0v) is 10.7. The zero-order valence-electron chi connectivity index (χ0n) is 10.7. The summed E-state index contributed by atoms with van der Waals surface area (Å²) in [5, 5.41) is 18.0. The molecule has 0 saturated heterocycles. The lowest BCUT2D eigenvalue weighted by atomic mass is 9.87. The van der Waals surface area contributed by atoms with Crippen LogP contribution in [0, 0.1) is 22.7 Å². The van der Waals surface area contributed by atoms with Crippen LogP contribution in [0.3, 0.4) is 0 Å². The number of ketones is 3. The average molecular weight is 254 g/mol. The smallest absolute Gasteiger partial charge is 0.161 e. The summed E-state index contributed by atoms with van der Waals surface area (Å²) in [7, 11) is 0. The van der Waals surface area contributed by atoms with Crippen molar-refractivity contribution in [3.8, 4) is 12.1 Å². The molecule has 19 heavy (non-hydrogen) atoms. The van der Waals surface area contributed by atoms with Gasteiger partial charge in [-0.05, 0) is 26.8 Å².